The second-order valence-corrected chi connectivity index (χ2v) is 8.31. The molecule has 1 aliphatic heterocycles. The highest BCUT2D eigenvalue weighted by molar-refractivity contribution is 6.00. The van der Waals surface area contributed by atoms with Crippen LogP contribution in [0, 0.1) is 0 Å². The van der Waals surface area contributed by atoms with Crippen molar-refractivity contribution in [1.29, 1.82) is 0 Å². The Bertz CT molecular complexity index is 1240. The van der Waals surface area contributed by atoms with Crippen molar-refractivity contribution in [2.75, 3.05) is 43.9 Å². The number of nitrogen functional groups attached to an aromatic ring is 1. The third kappa shape index (κ3) is 7.48. The molecule has 194 valence electrons. The van der Waals surface area contributed by atoms with E-state index in [4.69, 9.17) is 10.5 Å². The summed E-state index contributed by atoms with van der Waals surface area (Å²) in [5.41, 5.74) is 7.50. The maximum Gasteiger partial charge on any atom is 0.573 e. The van der Waals surface area contributed by atoms with Gasteiger partial charge in [0.15, 0.2) is 11.5 Å². The molecular weight excluding hydrogens is 491 g/mol. The first-order chi connectivity index (χ1) is 17.7. The number of nitrogens with one attached hydrogen (secondary N) is 1. The van der Waals surface area contributed by atoms with Gasteiger partial charge in [-0.1, -0.05) is 6.07 Å². The molecule has 1 amide bonds. The molecule has 2 aromatic heterocycles. The van der Waals surface area contributed by atoms with Gasteiger partial charge in [0.2, 0.25) is 5.91 Å². The van der Waals surface area contributed by atoms with Crippen LogP contribution in [0.15, 0.2) is 54.9 Å². The van der Waals surface area contributed by atoms with Gasteiger partial charge in [0.05, 0.1) is 31.9 Å². The van der Waals surface area contributed by atoms with E-state index in [9.17, 15) is 22.8 Å². The van der Waals surface area contributed by atoms with Gasteiger partial charge >= 0.3 is 6.36 Å². The lowest BCUT2D eigenvalue weighted by Crippen LogP contribution is -2.41. The first-order valence-electron chi connectivity index (χ1n) is 11.4. The lowest BCUT2D eigenvalue weighted by atomic mass is 10.0. The fourth-order valence-corrected chi connectivity index (χ4v) is 3.71. The van der Waals surface area contributed by atoms with Crippen LogP contribution in [0.25, 0.3) is 11.1 Å². The molecule has 3 heterocycles. The topological polar surface area (TPSA) is 120 Å². The molecule has 9 nitrogen and oxygen atoms in total. The van der Waals surface area contributed by atoms with E-state index in [1.54, 1.807) is 36.7 Å². The van der Waals surface area contributed by atoms with Crippen molar-refractivity contribution in [1.82, 2.24) is 14.9 Å². The molecule has 0 radical (unpaired) electrons. The molecule has 0 saturated carbocycles. The number of alkyl halides is 3. The molecule has 1 saturated heterocycles. The SMILES string of the molecule is Nc1ccc(-c2ccc(CC(=O)c3ccc(OC(F)(F)F)c(NC(=O)CN4CCOCC4)c3)nc2)cn1. The Morgan fingerprint density at radius 2 is 1.73 bits per heavy atom. The number of carbonyl (C=O) groups excluding carboxylic acids is 2. The van der Waals surface area contributed by atoms with Gasteiger partial charge in [-0.3, -0.25) is 19.5 Å². The van der Waals surface area contributed by atoms with Crippen molar-refractivity contribution >= 4 is 23.2 Å². The van der Waals surface area contributed by atoms with Crippen LogP contribution < -0.4 is 15.8 Å². The van der Waals surface area contributed by atoms with Gasteiger partial charge in [-0.15, -0.1) is 13.2 Å². The predicted molar refractivity (Wildman–Crippen MR) is 129 cm³/mol. The molecule has 1 aromatic carbocycles. The van der Waals surface area contributed by atoms with E-state index >= 15 is 0 Å². The fraction of sp³-hybridized carbons (Fsp3) is 0.280. The lowest BCUT2D eigenvalue weighted by molar-refractivity contribution is -0.274. The number of amides is 1. The Morgan fingerprint density at radius 1 is 1.03 bits per heavy atom. The van der Waals surface area contributed by atoms with Crippen molar-refractivity contribution in [3.05, 3.63) is 66.1 Å². The third-order valence-corrected chi connectivity index (χ3v) is 5.56. The van der Waals surface area contributed by atoms with Crippen LogP contribution in [0.3, 0.4) is 0 Å². The summed E-state index contributed by atoms with van der Waals surface area (Å²) in [5, 5.41) is 2.44. The molecule has 1 fully saturated rings. The van der Waals surface area contributed by atoms with Crippen molar-refractivity contribution < 1.29 is 32.2 Å². The molecule has 37 heavy (non-hydrogen) atoms. The second-order valence-electron chi connectivity index (χ2n) is 8.31. The minimum Gasteiger partial charge on any atom is -0.404 e. The van der Waals surface area contributed by atoms with Gasteiger partial charge in [-0.2, -0.15) is 0 Å². The minimum atomic E-state index is -4.97. The van der Waals surface area contributed by atoms with E-state index in [2.05, 4.69) is 20.0 Å². The van der Waals surface area contributed by atoms with Crippen LogP contribution in [0.1, 0.15) is 16.1 Å². The van der Waals surface area contributed by atoms with Crippen molar-refractivity contribution in [2.24, 2.45) is 0 Å². The Balaban J connectivity index is 1.48. The Labute approximate surface area is 210 Å². The standard InChI is InChI=1S/C25H24F3N5O4/c26-25(27,28)37-22-5-2-16(11-20(22)32-24(35)15-33-7-9-36-10-8-33)21(34)12-19-4-1-17(13-30-19)18-3-6-23(29)31-14-18/h1-6,11,13-14H,7-10,12,15H2,(H2,29,31)(H,32,35). The molecule has 0 aliphatic carbocycles. The Hall–Kier alpha value is -4.03. The molecular formula is C25H24F3N5O4. The van der Waals surface area contributed by atoms with Crippen molar-refractivity contribution in [3.63, 3.8) is 0 Å². The summed E-state index contributed by atoms with van der Waals surface area (Å²) in [7, 11) is 0. The van der Waals surface area contributed by atoms with Gasteiger partial charge in [-0.05, 0) is 36.4 Å². The number of halogens is 3. The van der Waals surface area contributed by atoms with Crippen LogP contribution in [0.5, 0.6) is 5.75 Å². The van der Waals surface area contributed by atoms with Crippen LogP contribution in [0.4, 0.5) is 24.7 Å². The molecule has 3 N–H and O–H groups in total. The van der Waals surface area contributed by atoms with E-state index in [0.29, 0.717) is 37.8 Å². The summed E-state index contributed by atoms with van der Waals surface area (Å²) in [6.45, 7) is 1.95. The number of hydrogen-bond donors (Lipinski definition) is 2. The van der Waals surface area contributed by atoms with Gasteiger partial charge in [0.25, 0.3) is 0 Å². The first-order valence-corrected chi connectivity index (χ1v) is 11.4. The minimum absolute atomic E-state index is 0.0349. The number of ether oxygens (including phenoxy) is 2. The highest BCUT2D eigenvalue weighted by atomic mass is 19.4. The summed E-state index contributed by atoms with van der Waals surface area (Å²) in [6, 6.07) is 10.3. The molecule has 0 atom stereocenters. The average Bonchev–Trinajstić information content (AvgIpc) is 2.86. The normalized spacial score (nSPS) is 14.2. The number of morpholine rings is 1. The van der Waals surface area contributed by atoms with E-state index in [0.717, 1.165) is 17.2 Å². The Kier molecular flexibility index (Phi) is 7.99. The number of pyridine rings is 2. The van der Waals surface area contributed by atoms with Gasteiger partial charge < -0.3 is 20.5 Å². The number of nitrogens with two attached hydrogens (primary N) is 1. The molecule has 1 aliphatic rings. The monoisotopic (exact) mass is 515 g/mol. The van der Waals surface area contributed by atoms with E-state index in [1.165, 1.54) is 12.1 Å². The Morgan fingerprint density at radius 3 is 2.35 bits per heavy atom. The molecule has 0 unspecified atom stereocenters. The van der Waals surface area contributed by atoms with Crippen LogP contribution in [-0.4, -0.2) is 65.8 Å². The number of benzene rings is 1. The number of aromatic nitrogens is 2. The third-order valence-electron chi connectivity index (χ3n) is 5.56. The van der Waals surface area contributed by atoms with E-state index in [-0.39, 0.29) is 24.2 Å². The number of nitrogens with zero attached hydrogens (tertiary/aromatic N) is 3. The molecule has 0 bridgehead atoms. The molecule has 4 rings (SSSR count). The highest BCUT2D eigenvalue weighted by Gasteiger charge is 2.32. The molecule has 3 aromatic rings. The zero-order valence-corrected chi connectivity index (χ0v) is 19.6. The van der Waals surface area contributed by atoms with E-state index in [1.807, 2.05) is 4.90 Å². The maximum atomic E-state index is 12.9. The van der Waals surface area contributed by atoms with E-state index < -0.39 is 23.8 Å². The number of ketones is 1. The highest BCUT2D eigenvalue weighted by Crippen LogP contribution is 2.32. The number of anilines is 2. The zero-order valence-electron chi connectivity index (χ0n) is 19.6. The number of Topliss-reactive ketones (excluding diaryl/α,β-unsaturated/α-hetero) is 1. The molecule has 0 spiro atoms. The summed E-state index contributed by atoms with van der Waals surface area (Å²) in [4.78, 5) is 35.6. The average molecular weight is 515 g/mol. The molecule has 12 heteroatoms. The van der Waals surface area contributed by atoms with Crippen molar-refractivity contribution in [2.45, 2.75) is 12.8 Å². The number of carbonyl (C=O) groups is 2. The maximum absolute atomic E-state index is 12.9. The van der Waals surface area contributed by atoms with Crippen LogP contribution in [-0.2, 0) is 16.0 Å². The smallest absolute Gasteiger partial charge is 0.404 e. The summed E-state index contributed by atoms with van der Waals surface area (Å²) < 4.78 is 48.0. The summed E-state index contributed by atoms with van der Waals surface area (Å²) >= 11 is 0. The largest absolute Gasteiger partial charge is 0.573 e. The first kappa shape index (κ1) is 26.0. The van der Waals surface area contributed by atoms with Gasteiger partial charge in [0, 0.05) is 47.9 Å². The van der Waals surface area contributed by atoms with Crippen molar-refractivity contribution in [3.8, 4) is 16.9 Å². The summed E-state index contributed by atoms with van der Waals surface area (Å²) in [6.07, 6.45) is -1.87. The lowest BCUT2D eigenvalue weighted by Gasteiger charge is -2.26. The van der Waals surface area contributed by atoms with Gasteiger partial charge in [0.1, 0.15) is 5.82 Å². The van der Waals surface area contributed by atoms with Crippen LogP contribution in [0.2, 0.25) is 0 Å². The summed E-state index contributed by atoms with van der Waals surface area (Å²) in [5.74, 6) is -1.15. The van der Waals surface area contributed by atoms with Crippen LogP contribution >= 0.6 is 0 Å². The number of rotatable bonds is 8. The zero-order chi connectivity index (χ0) is 26.4. The second kappa shape index (κ2) is 11.4. The predicted octanol–water partition coefficient (Wildman–Crippen LogP) is 3.32. The fourth-order valence-electron chi connectivity index (χ4n) is 3.71. The quantitative estimate of drug-likeness (QED) is 0.439. The number of hydrogen-bond acceptors (Lipinski definition) is 8. The van der Waals surface area contributed by atoms with Gasteiger partial charge in [-0.25, -0.2) is 4.98 Å².